The minimum absolute atomic E-state index is 0.00839. The number of fused-ring (bicyclic) bond motifs is 1. The summed E-state index contributed by atoms with van der Waals surface area (Å²) in [5.41, 5.74) is 1.96. The molecular weight excluding hydrogens is 377 g/mol. The van der Waals surface area contributed by atoms with Gasteiger partial charge in [-0.1, -0.05) is 0 Å². The zero-order chi connectivity index (χ0) is 19.9. The number of phenolic OH excluding ortho intramolecular Hbond substituents is 1. The quantitative estimate of drug-likeness (QED) is 0.738. The number of alkyl halides is 3. The molecule has 1 aliphatic heterocycles. The average Bonchev–Trinajstić information content (AvgIpc) is 3.08. The van der Waals surface area contributed by atoms with Crippen molar-refractivity contribution in [3.05, 3.63) is 43.0 Å². The molecule has 28 heavy (non-hydrogen) atoms. The Labute approximate surface area is 157 Å². The normalized spacial score (nSPS) is 14.9. The molecule has 1 N–H and O–H groups in total. The molecule has 146 valence electrons. The molecule has 1 amide bonds. The molecule has 0 spiro atoms. The number of nitrogens with zero attached hydrogens (tertiary/aromatic N) is 4. The van der Waals surface area contributed by atoms with Crippen LogP contribution in [0.2, 0.25) is 0 Å². The summed E-state index contributed by atoms with van der Waals surface area (Å²) in [6.07, 6.45) is 0.0638. The van der Waals surface area contributed by atoms with Crippen LogP contribution in [-0.4, -0.2) is 56.2 Å². The first-order valence-electron chi connectivity index (χ1n) is 8.42. The molecule has 1 aromatic carbocycles. The van der Waals surface area contributed by atoms with Crippen molar-refractivity contribution >= 4 is 11.4 Å². The molecule has 0 aliphatic carbocycles. The number of likely N-dealkylation sites (tertiary alicyclic amines) is 1. The van der Waals surface area contributed by atoms with Crippen LogP contribution in [0.15, 0.2) is 43.0 Å². The fraction of sp³-hybridized carbons (Fsp3) is 0.278. The first-order chi connectivity index (χ1) is 13.3. The topological polar surface area (TPSA) is 80.0 Å². The summed E-state index contributed by atoms with van der Waals surface area (Å²) >= 11 is 0. The van der Waals surface area contributed by atoms with Gasteiger partial charge >= 0.3 is 12.1 Å². The standard InChI is InChI=1S/C18H15F3N4O3/c19-18(20,21)17(27)24-6-11(7-24)9-28-16-15-5-22-10-25(15)8-14(23-16)12-1-3-13(26)4-2-12/h1-5,8,10-11,26H,6-7,9H2. The van der Waals surface area contributed by atoms with Crippen LogP contribution in [0, 0.1) is 5.92 Å². The molecule has 4 rings (SSSR count). The lowest BCUT2D eigenvalue weighted by Gasteiger charge is -2.39. The highest BCUT2D eigenvalue weighted by atomic mass is 19.4. The first kappa shape index (κ1) is 18.1. The van der Waals surface area contributed by atoms with Gasteiger partial charge in [0.1, 0.15) is 11.3 Å². The number of halogens is 3. The highest BCUT2D eigenvalue weighted by molar-refractivity contribution is 5.82. The number of imidazole rings is 1. The van der Waals surface area contributed by atoms with Gasteiger partial charge in [0.25, 0.3) is 0 Å². The van der Waals surface area contributed by atoms with Gasteiger partial charge in [-0.2, -0.15) is 13.2 Å². The van der Waals surface area contributed by atoms with Gasteiger partial charge in [-0.3, -0.25) is 9.20 Å². The number of carbonyl (C=O) groups excluding carboxylic acids is 1. The van der Waals surface area contributed by atoms with Crippen LogP contribution >= 0.6 is 0 Å². The number of amides is 1. The van der Waals surface area contributed by atoms with Crippen LogP contribution in [-0.2, 0) is 4.79 Å². The molecule has 0 bridgehead atoms. The lowest BCUT2D eigenvalue weighted by molar-refractivity contribution is -0.192. The summed E-state index contributed by atoms with van der Waals surface area (Å²) in [6.45, 7) is 0.117. The van der Waals surface area contributed by atoms with E-state index >= 15 is 0 Å². The van der Waals surface area contributed by atoms with Crippen LogP contribution in [0.25, 0.3) is 16.8 Å². The van der Waals surface area contributed by atoms with Crippen LogP contribution in [0.4, 0.5) is 13.2 Å². The van der Waals surface area contributed by atoms with Gasteiger partial charge in [-0.15, -0.1) is 0 Å². The van der Waals surface area contributed by atoms with Gasteiger partial charge in [0.05, 0.1) is 24.8 Å². The summed E-state index contributed by atoms with van der Waals surface area (Å²) in [5.74, 6) is -1.60. The SMILES string of the molecule is O=C(N1CC(COc2nc(-c3ccc(O)cc3)cn3cncc23)C1)C(F)(F)F. The Morgan fingerprint density at radius 1 is 1.25 bits per heavy atom. The molecule has 10 heteroatoms. The molecule has 0 radical (unpaired) electrons. The maximum Gasteiger partial charge on any atom is 0.471 e. The smallest absolute Gasteiger partial charge is 0.471 e. The highest BCUT2D eigenvalue weighted by Crippen LogP contribution is 2.28. The molecule has 0 saturated carbocycles. The largest absolute Gasteiger partial charge is 0.508 e. The second-order valence-electron chi connectivity index (χ2n) is 6.55. The molecule has 0 atom stereocenters. The van der Waals surface area contributed by atoms with Crippen LogP contribution in [0.1, 0.15) is 0 Å². The number of ether oxygens (including phenoxy) is 1. The van der Waals surface area contributed by atoms with Crippen molar-refractivity contribution in [1.82, 2.24) is 19.3 Å². The fourth-order valence-corrected chi connectivity index (χ4v) is 3.00. The Kier molecular flexibility index (Phi) is 4.33. The Bertz CT molecular complexity index is 1010. The van der Waals surface area contributed by atoms with Gasteiger partial charge in [0, 0.05) is 30.8 Å². The van der Waals surface area contributed by atoms with Crippen molar-refractivity contribution in [2.24, 2.45) is 5.92 Å². The summed E-state index contributed by atoms with van der Waals surface area (Å²) in [7, 11) is 0. The Morgan fingerprint density at radius 2 is 1.96 bits per heavy atom. The Morgan fingerprint density at radius 3 is 2.64 bits per heavy atom. The van der Waals surface area contributed by atoms with Gasteiger partial charge in [-0.05, 0) is 24.3 Å². The van der Waals surface area contributed by atoms with E-state index in [2.05, 4.69) is 9.97 Å². The summed E-state index contributed by atoms with van der Waals surface area (Å²) < 4.78 is 44.7. The molecule has 3 aromatic rings. The minimum atomic E-state index is -4.85. The minimum Gasteiger partial charge on any atom is -0.508 e. The molecule has 2 aromatic heterocycles. The lowest BCUT2D eigenvalue weighted by Crippen LogP contribution is -2.55. The number of phenols is 1. The predicted molar refractivity (Wildman–Crippen MR) is 91.7 cm³/mol. The lowest BCUT2D eigenvalue weighted by atomic mass is 10.0. The second-order valence-corrected chi connectivity index (χ2v) is 6.55. The highest BCUT2D eigenvalue weighted by Gasteiger charge is 2.46. The molecule has 1 aliphatic rings. The van der Waals surface area contributed by atoms with Crippen LogP contribution in [0.3, 0.4) is 0 Å². The zero-order valence-electron chi connectivity index (χ0n) is 14.4. The van der Waals surface area contributed by atoms with E-state index in [0.717, 1.165) is 10.5 Å². The number of aromatic nitrogens is 3. The maximum absolute atomic E-state index is 12.4. The Hall–Kier alpha value is -3.30. The molecule has 7 nitrogen and oxygen atoms in total. The number of hydrogen-bond acceptors (Lipinski definition) is 5. The van der Waals surface area contributed by atoms with Gasteiger partial charge in [0.2, 0.25) is 5.88 Å². The van der Waals surface area contributed by atoms with Crippen molar-refractivity contribution < 1.29 is 27.8 Å². The fourth-order valence-electron chi connectivity index (χ4n) is 3.00. The van der Waals surface area contributed by atoms with E-state index in [1.807, 2.05) is 0 Å². The zero-order valence-corrected chi connectivity index (χ0v) is 14.4. The van der Waals surface area contributed by atoms with Crippen molar-refractivity contribution in [3.63, 3.8) is 0 Å². The molecular formula is C18H15F3N4O3. The monoisotopic (exact) mass is 392 g/mol. The van der Waals surface area contributed by atoms with Crippen molar-refractivity contribution in [2.75, 3.05) is 19.7 Å². The van der Waals surface area contributed by atoms with E-state index in [1.165, 1.54) is 12.1 Å². The van der Waals surface area contributed by atoms with E-state index in [4.69, 9.17) is 4.74 Å². The van der Waals surface area contributed by atoms with E-state index in [-0.39, 0.29) is 31.4 Å². The van der Waals surface area contributed by atoms with Crippen LogP contribution < -0.4 is 4.74 Å². The second kappa shape index (κ2) is 6.70. The summed E-state index contributed by atoms with van der Waals surface area (Å²) in [4.78, 5) is 20.4. The van der Waals surface area contributed by atoms with E-state index in [1.54, 1.807) is 35.3 Å². The first-order valence-corrected chi connectivity index (χ1v) is 8.42. The third-order valence-electron chi connectivity index (χ3n) is 4.47. The molecule has 1 fully saturated rings. The maximum atomic E-state index is 12.4. The van der Waals surface area contributed by atoms with E-state index < -0.39 is 12.1 Å². The third kappa shape index (κ3) is 3.45. The average molecular weight is 392 g/mol. The molecule has 1 saturated heterocycles. The third-order valence-corrected chi connectivity index (χ3v) is 4.47. The molecule has 3 heterocycles. The Balaban J connectivity index is 1.48. The number of hydrogen-bond donors (Lipinski definition) is 1. The molecule has 0 unspecified atom stereocenters. The van der Waals surface area contributed by atoms with Gasteiger partial charge in [-0.25, -0.2) is 9.97 Å². The van der Waals surface area contributed by atoms with Crippen molar-refractivity contribution in [3.8, 4) is 22.9 Å². The van der Waals surface area contributed by atoms with Gasteiger partial charge < -0.3 is 14.7 Å². The van der Waals surface area contributed by atoms with Crippen molar-refractivity contribution in [2.45, 2.75) is 6.18 Å². The van der Waals surface area contributed by atoms with E-state index in [0.29, 0.717) is 17.1 Å². The van der Waals surface area contributed by atoms with E-state index in [9.17, 15) is 23.1 Å². The summed E-state index contributed by atoms with van der Waals surface area (Å²) in [6, 6.07) is 6.49. The predicted octanol–water partition coefficient (Wildman–Crippen LogP) is 2.50. The van der Waals surface area contributed by atoms with Crippen LogP contribution in [0.5, 0.6) is 11.6 Å². The number of benzene rings is 1. The summed E-state index contributed by atoms with van der Waals surface area (Å²) in [5, 5.41) is 9.43. The van der Waals surface area contributed by atoms with Crippen molar-refractivity contribution in [1.29, 1.82) is 0 Å². The number of rotatable bonds is 4. The number of carbonyl (C=O) groups is 1. The van der Waals surface area contributed by atoms with Gasteiger partial charge in [0.15, 0.2) is 0 Å². The number of aromatic hydroxyl groups is 1.